The first kappa shape index (κ1) is 10.7. The zero-order valence-corrected chi connectivity index (χ0v) is 9.96. The second-order valence-electron chi connectivity index (χ2n) is 3.86. The van der Waals surface area contributed by atoms with Crippen molar-refractivity contribution in [3.63, 3.8) is 0 Å². The third-order valence-electron chi connectivity index (χ3n) is 2.85. The topological polar surface area (TPSA) is 33.0 Å². The molecule has 0 aromatic heterocycles. The molecule has 0 aliphatic carbocycles. The van der Waals surface area contributed by atoms with Crippen LogP contribution in [0.25, 0.3) is 0 Å². The van der Waals surface area contributed by atoms with Crippen LogP contribution in [0, 0.1) is 11.3 Å². The van der Waals surface area contributed by atoms with Crippen LogP contribution in [0.4, 0.5) is 0 Å². The highest BCUT2D eigenvalue weighted by Crippen LogP contribution is 2.32. The van der Waals surface area contributed by atoms with Crippen molar-refractivity contribution in [3.8, 4) is 6.07 Å². The van der Waals surface area contributed by atoms with E-state index in [0.29, 0.717) is 6.61 Å². The van der Waals surface area contributed by atoms with Crippen molar-refractivity contribution >= 4 is 15.9 Å². The van der Waals surface area contributed by atoms with E-state index < -0.39 is 5.41 Å². The molecule has 1 aromatic carbocycles. The van der Waals surface area contributed by atoms with Crippen LogP contribution in [-0.2, 0) is 10.2 Å². The molecule has 0 bridgehead atoms. The van der Waals surface area contributed by atoms with Gasteiger partial charge in [0.15, 0.2) is 0 Å². The lowest BCUT2D eigenvalue weighted by molar-refractivity contribution is 0.0563. The van der Waals surface area contributed by atoms with E-state index in [1.165, 1.54) is 0 Å². The monoisotopic (exact) mass is 265 g/mol. The minimum absolute atomic E-state index is 0.432. The molecule has 1 aliphatic heterocycles. The maximum Gasteiger partial charge on any atom is 0.106 e. The van der Waals surface area contributed by atoms with Crippen LogP contribution in [0.15, 0.2) is 28.7 Å². The molecule has 78 valence electrons. The van der Waals surface area contributed by atoms with Gasteiger partial charge in [0.25, 0.3) is 0 Å². The van der Waals surface area contributed by atoms with Gasteiger partial charge in [-0.2, -0.15) is 5.26 Å². The molecule has 1 atom stereocenters. The Morgan fingerprint density at radius 1 is 1.33 bits per heavy atom. The molecule has 0 N–H and O–H groups in total. The number of nitrogens with zero attached hydrogens (tertiary/aromatic N) is 1. The van der Waals surface area contributed by atoms with E-state index in [1.807, 2.05) is 24.3 Å². The molecule has 0 saturated carbocycles. The number of benzene rings is 1. The van der Waals surface area contributed by atoms with E-state index in [1.54, 1.807) is 0 Å². The summed E-state index contributed by atoms with van der Waals surface area (Å²) in [6.45, 7) is 1.30. The molecule has 0 amide bonds. The molecule has 1 fully saturated rings. The van der Waals surface area contributed by atoms with Gasteiger partial charge in [-0.25, -0.2) is 0 Å². The highest BCUT2D eigenvalue weighted by Gasteiger charge is 2.34. The second kappa shape index (κ2) is 4.34. The first-order valence-corrected chi connectivity index (χ1v) is 5.81. The fourth-order valence-corrected chi connectivity index (χ4v) is 2.21. The molecule has 0 unspecified atom stereocenters. The van der Waals surface area contributed by atoms with Crippen LogP contribution in [0.3, 0.4) is 0 Å². The quantitative estimate of drug-likeness (QED) is 0.782. The number of nitriles is 1. The van der Waals surface area contributed by atoms with Gasteiger partial charge in [-0.05, 0) is 30.5 Å². The predicted octanol–water partition coefficient (Wildman–Crippen LogP) is 3.02. The van der Waals surface area contributed by atoms with Crippen LogP contribution in [0.5, 0.6) is 0 Å². The highest BCUT2D eigenvalue weighted by atomic mass is 79.9. The van der Waals surface area contributed by atoms with E-state index >= 15 is 0 Å². The molecule has 1 saturated heterocycles. The Balaban J connectivity index is 2.33. The van der Waals surface area contributed by atoms with Crippen molar-refractivity contribution in [1.29, 1.82) is 5.26 Å². The Morgan fingerprint density at radius 2 is 2.07 bits per heavy atom. The van der Waals surface area contributed by atoms with Crippen LogP contribution in [0.1, 0.15) is 18.4 Å². The van der Waals surface area contributed by atoms with Crippen molar-refractivity contribution in [1.82, 2.24) is 0 Å². The molecule has 3 heteroatoms. The summed E-state index contributed by atoms with van der Waals surface area (Å²) in [5, 5.41) is 9.32. The smallest absolute Gasteiger partial charge is 0.106 e. The summed E-state index contributed by atoms with van der Waals surface area (Å²) in [6.07, 6.45) is 1.86. The number of rotatable bonds is 1. The zero-order valence-electron chi connectivity index (χ0n) is 8.37. The summed E-state index contributed by atoms with van der Waals surface area (Å²) in [5.74, 6) is 0. The first-order valence-electron chi connectivity index (χ1n) is 5.02. The average molecular weight is 266 g/mol. The lowest BCUT2D eigenvalue weighted by Crippen LogP contribution is -2.34. The van der Waals surface area contributed by atoms with E-state index in [4.69, 9.17) is 4.74 Å². The molecule has 1 heterocycles. The first-order chi connectivity index (χ1) is 7.27. The van der Waals surface area contributed by atoms with E-state index in [-0.39, 0.29) is 0 Å². The number of ether oxygens (including phenoxy) is 1. The summed E-state index contributed by atoms with van der Waals surface area (Å²) >= 11 is 3.39. The van der Waals surface area contributed by atoms with Crippen LogP contribution in [0.2, 0.25) is 0 Å². The van der Waals surface area contributed by atoms with Gasteiger partial charge in [0.2, 0.25) is 0 Å². The Morgan fingerprint density at radius 3 is 2.60 bits per heavy atom. The van der Waals surface area contributed by atoms with Crippen molar-refractivity contribution in [2.45, 2.75) is 18.3 Å². The zero-order chi connectivity index (χ0) is 10.7. The Labute approximate surface area is 98.0 Å². The van der Waals surface area contributed by atoms with Gasteiger partial charge in [-0.1, -0.05) is 28.1 Å². The summed E-state index contributed by atoms with van der Waals surface area (Å²) in [4.78, 5) is 0. The molecule has 2 nitrogen and oxygen atoms in total. The van der Waals surface area contributed by atoms with Crippen molar-refractivity contribution in [3.05, 3.63) is 34.3 Å². The number of halogens is 1. The summed E-state index contributed by atoms with van der Waals surface area (Å²) < 4.78 is 6.46. The molecule has 15 heavy (non-hydrogen) atoms. The maximum absolute atomic E-state index is 9.32. The van der Waals surface area contributed by atoms with Crippen molar-refractivity contribution < 1.29 is 4.74 Å². The lowest BCUT2D eigenvalue weighted by Gasteiger charge is -2.30. The highest BCUT2D eigenvalue weighted by molar-refractivity contribution is 9.10. The van der Waals surface area contributed by atoms with Gasteiger partial charge in [0, 0.05) is 11.1 Å². The standard InChI is InChI=1S/C12H12BrNO/c13-11-4-2-10(3-5-11)12(8-14)6-1-7-15-9-12/h2-5H,1,6-7,9H2/t12-/m0/s1. The van der Waals surface area contributed by atoms with Crippen LogP contribution in [-0.4, -0.2) is 13.2 Å². The van der Waals surface area contributed by atoms with Crippen molar-refractivity contribution in [2.24, 2.45) is 0 Å². The van der Waals surface area contributed by atoms with Crippen LogP contribution < -0.4 is 0 Å². The number of hydrogen-bond donors (Lipinski definition) is 0. The maximum atomic E-state index is 9.32. The lowest BCUT2D eigenvalue weighted by atomic mass is 9.78. The molecule has 1 aromatic rings. The van der Waals surface area contributed by atoms with Gasteiger partial charge in [0.1, 0.15) is 5.41 Å². The van der Waals surface area contributed by atoms with Crippen LogP contribution >= 0.6 is 15.9 Å². The van der Waals surface area contributed by atoms with Gasteiger partial charge in [-0.15, -0.1) is 0 Å². The van der Waals surface area contributed by atoms with Gasteiger partial charge in [-0.3, -0.25) is 0 Å². The van der Waals surface area contributed by atoms with Gasteiger partial charge < -0.3 is 4.74 Å². The molecular formula is C12H12BrNO. The Kier molecular flexibility index (Phi) is 3.08. The third kappa shape index (κ3) is 2.06. The van der Waals surface area contributed by atoms with E-state index in [9.17, 15) is 5.26 Å². The second-order valence-corrected chi connectivity index (χ2v) is 4.77. The summed E-state index contributed by atoms with van der Waals surface area (Å²) in [6, 6.07) is 10.4. The minimum atomic E-state index is -0.432. The average Bonchev–Trinajstić information content (AvgIpc) is 2.31. The largest absolute Gasteiger partial charge is 0.379 e. The van der Waals surface area contributed by atoms with E-state index in [0.717, 1.165) is 29.5 Å². The minimum Gasteiger partial charge on any atom is -0.379 e. The molecule has 2 rings (SSSR count). The molecule has 0 spiro atoms. The third-order valence-corrected chi connectivity index (χ3v) is 3.38. The summed E-state index contributed by atoms with van der Waals surface area (Å²) in [5.41, 5.74) is 0.631. The van der Waals surface area contributed by atoms with Crippen molar-refractivity contribution in [2.75, 3.05) is 13.2 Å². The Bertz CT molecular complexity index is 374. The Hall–Kier alpha value is -0.850. The van der Waals surface area contributed by atoms with Gasteiger partial charge in [0.05, 0.1) is 12.7 Å². The predicted molar refractivity (Wildman–Crippen MR) is 61.5 cm³/mol. The fourth-order valence-electron chi connectivity index (χ4n) is 1.94. The number of hydrogen-bond acceptors (Lipinski definition) is 2. The molecule has 0 radical (unpaired) electrons. The summed E-state index contributed by atoms with van der Waals surface area (Å²) in [7, 11) is 0. The molecular weight excluding hydrogens is 254 g/mol. The van der Waals surface area contributed by atoms with E-state index in [2.05, 4.69) is 22.0 Å². The fraction of sp³-hybridized carbons (Fsp3) is 0.417. The van der Waals surface area contributed by atoms with Gasteiger partial charge >= 0.3 is 0 Å². The SMILES string of the molecule is N#C[C@@]1(c2ccc(Br)cc2)CCCOC1. The molecule has 1 aliphatic rings. The normalized spacial score (nSPS) is 25.9.